The Labute approximate surface area is 175 Å². The molecular formula is C19H18F2N4O4S. The number of hydrogen-bond donors (Lipinski definition) is 1. The number of halogens is 2. The maximum absolute atomic E-state index is 12.8. The second-order valence-electron chi connectivity index (χ2n) is 5.77. The van der Waals surface area contributed by atoms with Gasteiger partial charge in [0.15, 0.2) is 0 Å². The molecule has 0 atom stereocenters. The molecule has 30 heavy (non-hydrogen) atoms. The number of nitrogens with zero attached hydrogens (tertiary/aromatic N) is 3. The molecule has 0 unspecified atom stereocenters. The van der Waals surface area contributed by atoms with Crippen molar-refractivity contribution in [2.24, 2.45) is 0 Å². The van der Waals surface area contributed by atoms with Crippen molar-refractivity contribution < 1.29 is 27.8 Å². The molecular weight excluding hydrogens is 418 g/mol. The van der Waals surface area contributed by atoms with E-state index in [0.29, 0.717) is 22.0 Å². The Kier molecular flexibility index (Phi) is 7.07. The first-order chi connectivity index (χ1) is 14.5. The summed E-state index contributed by atoms with van der Waals surface area (Å²) in [5, 5.41) is 4.02. The SMILES string of the molecule is COc1cccc(OC)c1SNC(=O)c1ccc(Cn2cccn2)c(OC(F)F)n1. The molecule has 0 radical (unpaired) electrons. The molecule has 1 aromatic carbocycles. The van der Waals surface area contributed by atoms with Crippen LogP contribution in [0.3, 0.4) is 0 Å². The van der Waals surface area contributed by atoms with Crippen LogP contribution < -0.4 is 18.9 Å². The predicted octanol–water partition coefficient (Wildman–Crippen LogP) is 3.38. The van der Waals surface area contributed by atoms with Gasteiger partial charge in [0, 0.05) is 18.0 Å². The fourth-order valence-corrected chi connectivity index (χ4v) is 3.34. The van der Waals surface area contributed by atoms with Gasteiger partial charge in [-0.2, -0.15) is 13.9 Å². The smallest absolute Gasteiger partial charge is 0.388 e. The molecule has 0 aliphatic heterocycles. The van der Waals surface area contributed by atoms with E-state index >= 15 is 0 Å². The number of pyridine rings is 1. The van der Waals surface area contributed by atoms with Crippen LogP contribution >= 0.6 is 11.9 Å². The molecule has 0 aliphatic carbocycles. The summed E-state index contributed by atoms with van der Waals surface area (Å²) in [6.07, 6.45) is 3.23. The number of carbonyl (C=O) groups is 1. The van der Waals surface area contributed by atoms with E-state index in [2.05, 4.69) is 19.5 Å². The van der Waals surface area contributed by atoms with Crippen LogP contribution in [0.2, 0.25) is 0 Å². The van der Waals surface area contributed by atoms with Gasteiger partial charge in [-0.3, -0.25) is 14.2 Å². The number of nitrogens with one attached hydrogen (secondary N) is 1. The van der Waals surface area contributed by atoms with Crippen LogP contribution in [0.4, 0.5) is 8.78 Å². The minimum atomic E-state index is -3.08. The highest BCUT2D eigenvalue weighted by atomic mass is 32.2. The number of hydrogen-bond acceptors (Lipinski definition) is 7. The number of aromatic nitrogens is 3. The second kappa shape index (κ2) is 9.92. The molecule has 3 aromatic rings. The van der Waals surface area contributed by atoms with Gasteiger partial charge in [-0.25, -0.2) is 4.98 Å². The zero-order chi connectivity index (χ0) is 21.5. The van der Waals surface area contributed by atoms with Gasteiger partial charge < -0.3 is 14.2 Å². The number of benzene rings is 1. The summed E-state index contributed by atoms with van der Waals surface area (Å²) in [4.78, 5) is 17.1. The van der Waals surface area contributed by atoms with E-state index in [9.17, 15) is 13.6 Å². The summed E-state index contributed by atoms with van der Waals surface area (Å²) in [5.74, 6) is 0.0681. The topological polar surface area (TPSA) is 87.5 Å². The number of alkyl halides is 2. The van der Waals surface area contributed by atoms with E-state index in [1.165, 1.54) is 31.0 Å². The normalized spacial score (nSPS) is 10.7. The van der Waals surface area contributed by atoms with E-state index in [4.69, 9.17) is 9.47 Å². The van der Waals surface area contributed by atoms with Gasteiger partial charge in [0.1, 0.15) is 22.1 Å². The van der Waals surface area contributed by atoms with Crippen molar-refractivity contribution in [2.75, 3.05) is 14.2 Å². The van der Waals surface area contributed by atoms with Gasteiger partial charge in [0.25, 0.3) is 5.91 Å². The number of ether oxygens (including phenoxy) is 3. The third-order valence-electron chi connectivity index (χ3n) is 3.89. The first-order valence-electron chi connectivity index (χ1n) is 8.62. The van der Waals surface area contributed by atoms with Gasteiger partial charge in [-0.15, -0.1) is 0 Å². The molecule has 0 saturated carbocycles. The van der Waals surface area contributed by atoms with Crippen LogP contribution in [0.5, 0.6) is 17.4 Å². The molecule has 0 aliphatic rings. The molecule has 11 heteroatoms. The first kappa shape index (κ1) is 21.4. The minimum Gasteiger partial charge on any atom is -0.495 e. The van der Waals surface area contributed by atoms with Crippen LogP contribution in [0.25, 0.3) is 0 Å². The van der Waals surface area contributed by atoms with Gasteiger partial charge >= 0.3 is 6.61 Å². The van der Waals surface area contributed by atoms with E-state index < -0.39 is 12.5 Å². The standard InChI is InChI=1S/C19H18F2N4O4S/c1-27-14-5-3-6-15(28-2)16(14)30-24-17(26)13-8-7-12(11-25-10-4-9-22-25)18(23-13)29-19(20)21/h3-10,19H,11H2,1-2H3,(H,24,26). The van der Waals surface area contributed by atoms with Crippen molar-refractivity contribution in [2.45, 2.75) is 18.1 Å². The average molecular weight is 436 g/mol. The molecule has 0 spiro atoms. The Bertz CT molecular complexity index is 980. The third-order valence-corrected chi connectivity index (χ3v) is 4.79. The summed E-state index contributed by atoms with van der Waals surface area (Å²) in [7, 11) is 2.99. The lowest BCUT2D eigenvalue weighted by Crippen LogP contribution is -2.19. The van der Waals surface area contributed by atoms with Crippen LogP contribution in [0.15, 0.2) is 53.7 Å². The minimum absolute atomic E-state index is 0.0868. The first-order valence-corrected chi connectivity index (χ1v) is 9.43. The van der Waals surface area contributed by atoms with Crippen molar-refractivity contribution in [3.8, 4) is 17.4 Å². The monoisotopic (exact) mass is 436 g/mol. The molecule has 1 amide bonds. The molecule has 0 saturated heterocycles. The van der Waals surface area contributed by atoms with E-state index in [0.717, 1.165) is 11.9 Å². The summed E-state index contributed by atoms with van der Waals surface area (Å²) < 4.78 is 44.9. The van der Waals surface area contributed by atoms with Crippen molar-refractivity contribution in [1.29, 1.82) is 0 Å². The lowest BCUT2D eigenvalue weighted by Gasteiger charge is -2.13. The Morgan fingerprint density at radius 1 is 1.17 bits per heavy atom. The number of methoxy groups -OCH3 is 2. The van der Waals surface area contributed by atoms with Gasteiger partial charge in [-0.05, 0) is 42.3 Å². The summed E-state index contributed by atoms with van der Waals surface area (Å²) in [6, 6.07) is 9.80. The highest BCUT2D eigenvalue weighted by Crippen LogP contribution is 2.36. The lowest BCUT2D eigenvalue weighted by molar-refractivity contribution is -0.0536. The van der Waals surface area contributed by atoms with E-state index in [1.54, 1.807) is 36.7 Å². The largest absolute Gasteiger partial charge is 0.495 e. The molecule has 0 fully saturated rings. The Hall–Kier alpha value is -3.34. The summed E-state index contributed by atoms with van der Waals surface area (Å²) in [6.45, 7) is -2.92. The third kappa shape index (κ3) is 5.17. The Morgan fingerprint density at radius 2 is 1.90 bits per heavy atom. The van der Waals surface area contributed by atoms with Crippen LogP contribution in [-0.4, -0.2) is 41.5 Å². The molecule has 3 rings (SSSR count). The average Bonchev–Trinajstić information content (AvgIpc) is 3.25. The van der Waals surface area contributed by atoms with Crippen molar-refractivity contribution in [1.82, 2.24) is 19.5 Å². The van der Waals surface area contributed by atoms with E-state index in [-0.39, 0.29) is 18.1 Å². The van der Waals surface area contributed by atoms with Crippen molar-refractivity contribution in [3.05, 3.63) is 60.0 Å². The predicted molar refractivity (Wildman–Crippen MR) is 105 cm³/mol. The van der Waals surface area contributed by atoms with Crippen LogP contribution in [-0.2, 0) is 6.54 Å². The molecule has 158 valence electrons. The Morgan fingerprint density at radius 3 is 2.50 bits per heavy atom. The van der Waals surface area contributed by atoms with Gasteiger partial charge in [0.2, 0.25) is 5.88 Å². The lowest BCUT2D eigenvalue weighted by atomic mass is 10.2. The summed E-state index contributed by atoms with van der Waals surface area (Å²) >= 11 is 0.961. The summed E-state index contributed by atoms with van der Waals surface area (Å²) in [5.41, 5.74) is 0.269. The quantitative estimate of drug-likeness (QED) is 0.515. The van der Waals surface area contributed by atoms with Crippen molar-refractivity contribution in [3.63, 3.8) is 0 Å². The van der Waals surface area contributed by atoms with Crippen molar-refractivity contribution >= 4 is 17.9 Å². The van der Waals surface area contributed by atoms with E-state index in [1.807, 2.05) is 0 Å². The highest BCUT2D eigenvalue weighted by Gasteiger charge is 2.18. The number of carbonyl (C=O) groups excluding carboxylic acids is 1. The number of amides is 1. The second-order valence-corrected chi connectivity index (χ2v) is 6.58. The molecule has 0 bridgehead atoms. The zero-order valence-corrected chi connectivity index (χ0v) is 16.9. The van der Waals surface area contributed by atoms with Crippen LogP contribution in [0, 0.1) is 0 Å². The maximum atomic E-state index is 12.8. The molecule has 2 heterocycles. The zero-order valence-electron chi connectivity index (χ0n) is 16.0. The fourth-order valence-electron chi connectivity index (χ4n) is 2.54. The molecule has 2 aromatic heterocycles. The molecule has 1 N–H and O–H groups in total. The van der Waals surface area contributed by atoms with Gasteiger partial charge in [0.05, 0.1) is 20.8 Å². The Balaban J connectivity index is 1.79. The highest BCUT2D eigenvalue weighted by molar-refractivity contribution is 7.98. The number of rotatable bonds is 9. The fraction of sp³-hybridized carbons (Fsp3) is 0.211. The molecule has 8 nitrogen and oxygen atoms in total. The van der Waals surface area contributed by atoms with Gasteiger partial charge in [-0.1, -0.05) is 6.07 Å². The maximum Gasteiger partial charge on any atom is 0.388 e. The van der Waals surface area contributed by atoms with Crippen LogP contribution in [0.1, 0.15) is 16.1 Å².